The van der Waals surface area contributed by atoms with Crippen molar-refractivity contribution in [3.8, 4) is 0 Å². The van der Waals surface area contributed by atoms with Gasteiger partial charge in [-0.25, -0.2) is 0 Å². The van der Waals surface area contributed by atoms with Crippen LogP contribution in [0.3, 0.4) is 0 Å². The minimum Gasteiger partial charge on any atom is -0.468 e. The van der Waals surface area contributed by atoms with Crippen molar-refractivity contribution in [3.63, 3.8) is 0 Å². The standard InChI is InChI=1S/C20H27N3O4S/c1-22(2)13-8-6-12(7-9-13)16-14-15(18(25)23(3)17(14)24)20(21-16,10-11-28-5)19(26)27-4/h6-9,14-16,21H,10-11H2,1-5H3/t14-,15-,16+,20+/m0/s1. The number of anilines is 1. The van der Waals surface area contributed by atoms with Crippen LogP contribution in [-0.4, -0.2) is 68.5 Å². The van der Waals surface area contributed by atoms with Gasteiger partial charge in [-0.05, 0) is 36.1 Å². The van der Waals surface area contributed by atoms with Crippen molar-refractivity contribution in [2.24, 2.45) is 11.8 Å². The van der Waals surface area contributed by atoms with E-state index in [0.29, 0.717) is 12.2 Å². The molecule has 0 saturated carbocycles. The number of fused-ring (bicyclic) bond motifs is 1. The predicted molar refractivity (Wildman–Crippen MR) is 109 cm³/mol. The monoisotopic (exact) mass is 405 g/mol. The Hall–Kier alpha value is -2.06. The number of methoxy groups -OCH3 is 1. The molecule has 0 aromatic heterocycles. The molecule has 3 rings (SSSR count). The van der Waals surface area contributed by atoms with Crippen molar-refractivity contribution in [2.45, 2.75) is 18.0 Å². The van der Waals surface area contributed by atoms with Crippen LogP contribution in [0.2, 0.25) is 0 Å². The number of nitrogens with one attached hydrogen (secondary N) is 1. The first-order valence-corrected chi connectivity index (χ1v) is 10.6. The van der Waals surface area contributed by atoms with Crippen LogP contribution < -0.4 is 10.2 Å². The molecule has 1 aromatic carbocycles. The summed E-state index contributed by atoms with van der Waals surface area (Å²) in [7, 11) is 6.73. The summed E-state index contributed by atoms with van der Waals surface area (Å²) in [6, 6.07) is 7.40. The maximum absolute atomic E-state index is 13.0. The van der Waals surface area contributed by atoms with Crippen LogP contribution >= 0.6 is 11.8 Å². The minimum absolute atomic E-state index is 0.251. The number of carbonyl (C=O) groups excluding carboxylic acids is 3. The van der Waals surface area contributed by atoms with Gasteiger partial charge in [0.15, 0.2) is 0 Å². The van der Waals surface area contributed by atoms with Gasteiger partial charge in [-0.3, -0.25) is 24.6 Å². The van der Waals surface area contributed by atoms with E-state index >= 15 is 0 Å². The Labute approximate surface area is 169 Å². The molecule has 2 saturated heterocycles. The van der Waals surface area contributed by atoms with E-state index in [1.165, 1.54) is 14.2 Å². The Balaban J connectivity index is 2.08. The number of imide groups is 1. The van der Waals surface area contributed by atoms with Gasteiger partial charge in [-0.15, -0.1) is 0 Å². The molecule has 4 atom stereocenters. The molecule has 0 spiro atoms. The highest BCUT2D eigenvalue weighted by atomic mass is 32.2. The van der Waals surface area contributed by atoms with Crippen molar-refractivity contribution in [1.82, 2.24) is 10.2 Å². The lowest BCUT2D eigenvalue weighted by atomic mass is 9.78. The molecular formula is C20H27N3O4S. The highest BCUT2D eigenvalue weighted by Gasteiger charge is 2.67. The van der Waals surface area contributed by atoms with Crippen molar-refractivity contribution < 1.29 is 19.1 Å². The van der Waals surface area contributed by atoms with E-state index in [4.69, 9.17) is 4.74 Å². The smallest absolute Gasteiger partial charge is 0.326 e. The number of carbonyl (C=O) groups is 3. The number of hydrogen-bond donors (Lipinski definition) is 1. The fraction of sp³-hybridized carbons (Fsp3) is 0.550. The number of esters is 1. The number of likely N-dealkylation sites (tertiary alicyclic amines) is 1. The molecule has 0 unspecified atom stereocenters. The summed E-state index contributed by atoms with van der Waals surface area (Å²) in [6.07, 6.45) is 2.36. The van der Waals surface area contributed by atoms with Crippen molar-refractivity contribution >= 4 is 35.2 Å². The van der Waals surface area contributed by atoms with Crippen molar-refractivity contribution in [2.75, 3.05) is 45.2 Å². The van der Waals surface area contributed by atoms with Gasteiger partial charge >= 0.3 is 5.97 Å². The third-order valence-corrected chi connectivity index (χ3v) is 6.51. The first-order valence-electron chi connectivity index (χ1n) is 9.22. The van der Waals surface area contributed by atoms with Crippen LogP contribution in [0.25, 0.3) is 0 Å². The Morgan fingerprint density at radius 3 is 2.43 bits per heavy atom. The van der Waals surface area contributed by atoms with Gasteiger partial charge in [0.05, 0.1) is 18.9 Å². The van der Waals surface area contributed by atoms with Gasteiger partial charge in [0.1, 0.15) is 5.54 Å². The fourth-order valence-corrected chi connectivity index (χ4v) is 4.90. The third-order valence-electron chi connectivity index (χ3n) is 5.89. The molecule has 8 heteroatoms. The SMILES string of the molecule is COC(=O)[C@]1(CCSC)N[C@H](c2ccc(N(C)C)cc2)[C@H]2C(=O)N(C)C(=O)[C@H]21. The number of hydrogen-bond acceptors (Lipinski definition) is 7. The van der Waals surface area contributed by atoms with Crippen molar-refractivity contribution in [1.29, 1.82) is 0 Å². The molecule has 1 aromatic rings. The van der Waals surface area contributed by atoms with E-state index in [9.17, 15) is 14.4 Å². The Morgan fingerprint density at radius 1 is 1.25 bits per heavy atom. The molecule has 0 aliphatic carbocycles. The van der Waals surface area contributed by atoms with E-state index in [-0.39, 0.29) is 11.8 Å². The second kappa shape index (κ2) is 7.75. The van der Waals surface area contributed by atoms with Crippen LogP contribution in [-0.2, 0) is 19.1 Å². The molecule has 28 heavy (non-hydrogen) atoms. The molecule has 0 radical (unpaired) electrons. The lowest BCUT2D eigenvalue weighted by Crippen LogP contribution is -2.56. The van der Waals surface area contributed by atoms with Crippen LogP contribution in [0, 0.1) is 11.8 Å². The summed E-state index contributed by atoms with van der Waals surface area (Å²) in [5.41, 5.74) is 0.711. The molecule has 2 amide bonds. The predicted octanol–water partition coefficient (Wildman–Crippen LogP) is 1.29. The number of rotatable bonds is 6. The van der Waals surface area contributed by atoms with E-state index < -0.39 is 29.4 Å². The highest BCUT2D eigenvalue weighted by molar-refractivity contribution is 7.98. The number of ether oxygens (including phenoxy) is 1. The summed E-state index contributed by atoms with van der Waals surface area (Å²) in [4.78, 5) is 41.9. The maximum atomic E-state index is 13.0. The Kier molecular flexibility index (Phi) is 5.72. The van der Waals surface area contributed by atoms with Gasteiger partial charge in [0, 0.05) is 32.9 Å². The minimum atomic E-state index is -1.20. The van der Waals surface area contributed by atoms with Crippen LogP contribution in [0.15, 0.2) is 24.3 Å². The van der Waals surface area contributed by atoms with E-state index in [1.807, 2.05) is 49.5 Å². The molecule has 7 nitrogen and oxygen atoms in total. The largest absolute Gasteiger partial charge is 0.468 e. The average molecular weight is 406 g/mol. The first-order chi connectivity index (χ1) is 13.3. The number of thioether (sulfide) groups is 1. The zero-order chi connectivity index (χ0) is 20.6. The lowest BCUT2D eigenvalue weighted by Gasteiger charge is -2.32. The number of amides is 2. The molecule has 2 aliphatic heterocycles. The summed E-state index contributed by atoms with van der Waals surface area (Å²) in [6.45, 7) is 0. The van der Waals surface area contributed by atoms with Crippen LogP contribution in [0.4, 0.5) is 5.69 Å². The molecule has 0 bridgehead atoms. The Morgan fingerprint density at radius 2 is 1.89 bits per heavy atom. The average Bonchev–Trinajstić information content (AvgIpc) is 3.16. The molecule has 152 valence electrons. The second-order valence-corrected chi connectivity index (χ2v) is 8.54. The number of nitrogens with zero attached hydrogens (tertiary/aromatic N) is 2. The van der Waals surface area contributed by atoms with E-state index in [2.05, 4.69) is 5.32 Å². The van der Waals surface area contributed by atoms with E-state index in [1.54, 1.807) is 11.8 Å². The number of benzene rings is 1. The summed E-state index contributed by atoms with van der Waals surface area (Å²) in [5, 5.41) is 3.37. The van der Waals surface area contributed by atoms with Crippen LogP contribution in [0.1, 0.15) is 18.0 Å². The highest BCUT2D eigenvalue weighted by Crippen LogP contribution is 2.50. The quantitative estimate of drug-likeness (QED) is 0.564. The molecular weight excluding hydrogens is 378 g/mol. The zero-order valence-electron chi connectivity index (χ0n) is 16.9. The van der Waals surface area contributed by atoms with Gasteiger partial charge < -0.3 is 9.64 Å². The van der Waals surface area contributed by atoms with Gasteiger partial charge in [-0.2, -0.15) is 11.8 Å². The van der Waals surface area contributed by atoms with Gasteiger partial charge in [0.25, 0.3) is 0 Å². The molecule has 2 heterocycles. The van der Waals surface area contributed by atoms with E-state index in [0.717, 1.165) is 16.2 Å². The topological polar surface area (TPSA) is 79.0 Å². The summed E-state index contributed by atoms with van der Waals surface area (Å²) < 4.78 is 5.10. The molecule has 2 aliphatic rings. The van der Waals surface area contributed by atoms with Gasteiger partial charge in [0.2, 0.25) is 11.8 Å². The third kappa shape index (κ3) is 3.08. The normalized spacial score (nSPS) is 29.2. The first kappa shape index (κ1) is 20.7. The van der Waals surface area contributed by atoms with Crippen LogP contribution in [0.5, 0.6) is 0 Å². The van der Waals surface area contributed by atoms with Crippen molar-refractivity contribution in [3.05, 3.63) is 29.8 Å². The molecule has 1 N–H and O–H groups in total. The Bertz CT molecular complexity index is 782. The zero-order valence-corrected chi connectivity index (χ0v) is 17.7. The lowest BCUT2D eigenvalue weighted by molar-refractivity contribution is -0.154. The van der Waals surface area contributed by atoms with Gasteiger partial charge in [-0.1, -0.05) is 12.1 Å². The summed E-state index contributed by atoms with van der Waals surface area (Å²) in [5.74, 6) is -1.77. The summed E-state index contributed by atoms with van der Waals surface area (Å²) >= 11 is 1.59. The fourth-order valence-electron chi connectivity index (χ4n) is 4.38. The molecule has 2 fully saturated rings. The maximum Gasteiger partial charge on any atom is 0.326 e. The second-order valence-electron chi connectivity index (χ2n) is 7.55.